The number of fused-ring (bicyclic) bond motifs is 1. The van der Waals surface area contributed by atoms with Gasteiger partial charge in [0.05, 0.1) is 11.1 Å². The first kappa shape index (κ1) is 18.7. The molecule has 0 bridgehead atoms. The van der Waals surface area contributed by atoms with Crippen LogP contribution in [0.1, 0.15) is 13.8 Å². The highest BCUT2D eigenvalue weighted by atomic mass is 16.5. The van der Waals surface area contributed by atoms with Gasteiger partial charge in [-0.05, 0) is 31.3 Å². The van der Waals surface area contributed by atoms with E-state index < -0.39 is 6.09 Å². The average molecular weight is 369 g/mol. The number of primary amides is 1. The number of H-pyrrole nitrogens is 1. The third kappa shape index (κ3) is 4.35. The van der Waals surface area contributed by atoms with E-state index >= 15 is 0 Å². The number of amides is 1. The van der Waals surface area contributed by atoms with Crippen LogP contribution in [0.4, 0.5) is 4.79 Å². The Morgan fingerprint density at radius 2 is 2.04 bits per heavy atom. The van der Waals surface area contributed by atoms with E-state index in [9.17, 15) is 4.79 Å². The van der Waals surface area contributed by atoms with E-state index in [2.05, 4.69) is 33.7 Å². The Labute approximate surface area is 157 Å². The minimum Gasteiger partial charge on any atom is -0.491 e. The minimum atomic E-state index is -0.881. The number of hydrogen-bond acceptors (Lipinski definition) is 6. The number of carbonyl (C=O) groups excluding carboxylic acids is 1. The molecule has 0 saturated carbocycles. The van der Waals surface area contributed by atoms with Crippen molar-refractivity contribution in [3.63, 3.8) is 0 Å². The molecule has 0 aliphatic rings. The Hall–Kier alpha value is -3.13. The highest BCUT2D eigenvalue weighted by molar-refractivity contribution is 5.87. The van der Waals surface area contributed by atoms with Gasteiger partial charge in [0.2, 0.25) is 0 Å². The lowest BCUT2D eigenvalue weighted by Crippen LogP contribution is -2.28. The molecular formula is C19H23N5O3. The van der Waals surface area contributed by atoms with Crippen LogP contribution in [0.2, 0.25) is 0 Å². The average Bonchev–Trinajstić information content (AvgIpc) is 3.10. The van der Waals surface area contributed by atoms with Gasteiger partial charge in [-0.15, -0.1) is 0 Å². The SMILES string of the molecule is CCN(CC)CCOc1ccncc1-c1nc2c(OC(N)=O)cccc2[nH]1. The second-order valence-corrected chi connectivity index (χ2v) is 5.91. The molecule has 1 aromatic carbocycles. The highest BCUT2D eigenvalue weighted by Gasteiger charge is 2.15. The molecule has 0 saturated heterocycles. The standard InChI is InChI=1S/C19H23N5O3/c1-3-24(4-2)10-11-26-15-8-9-21-12-13(15)18-22-14-6-5-7-16(17(14)23-18)27-19(20)25/h5-9,12H,3-4,10-11H2,1-2H3,(H2,20,25)(H,22,23). The molecule has 27 heavy (non-hydrogen) atoms. The summed E-state index contributed by atoms with van der Waals surface area (Å²) in [4.78, 5) is 25.3. The summed E-state index contributed by atoms with van der Waals surface area (Å²) in [6.45, 7) is 7.62. The number of pyridine rings is 1. The summed E-state index contributed by atoms with van der Waals surface area (Å²) in [5.41, 5.74) is 7.10. The summed E-state index contributed by atoms with van der Waals surface area (Å²) in [5, 5.41) is 0. The van der Waals surface area contributed by atoms with E-state index in [1.165, 1.54) is 0 Å². The molecule has 3 aromatic rings. The van der Waals surface area contributed by atoms with Crippen LogP contribution in [0.15, 0.2) is 36.7 Å². The van der Waals surface area contributed by atoms with Gasteiger partial charge in [-0.1, -0.05) is 19.9 Å². The van der Waals surface area contributed by atoms with Gasteiger partial charge in [0, 0.05) is 18.9 Å². The summed E-state index contributed by atoms with van der Waals surface area (Å²) in [6.07, 6.45) is 2.49. The smallest absolute Gasteiger partial charge is 0.410 e. The fourth-order valence-electron chi connectivity index (χ4n) is 2.83. The maximum absolute atomic E-state index is 11.1. The van der Waals surface area contributed by atoms with Crippen molar-refractivity contribution in [3.8, 4) is 22.9 Å². The number of aromatic nitrogens is 3. The number of para-hydroxylation sites is 1. The van der Waals surface area contributed by atoms with Crippen molar-refractivity contribution in [1.82, 2.24) is 19.9 Å². The van der Waals surface area contributed by atoms with Gasteiger partial charge in [-0.2, -0.15) is 0 Å². The van der Waals surface area contributed by atoms with Gasteiger partial charge in [0.25, 0.3) is 0 Å². The Morgan fingerprint density at radius 1 is 1.22 bits per heavy atom. The van der Waals surface area contributed by atoms with Crippen molar-refractivity contribution in [2.24, 2.45) is 5.73 Å². The monoisotopic (exact) mass is 369 g/mol. The van der Waals surface area contributed by atoms with Crippen molar-refractivity contribution in [3.05, 3.63) is 36.7 Å². The van der Waals surface area contributed by atoms with Crippen molar-refractivity contribution in [2.45, 2.75) is 13.8 Å². The first-order valence-electron chi connectivity index (χ1n) is 8.88. The second-order valence-electron chi connectivity index (χ2n) is 5.91. The van der Waals surface area contributed by atoms with E-state index in [1.807, 2.05) is 12.1 Å². The fraction of sp³-hybridized carbons (Fsp3) is 0.316. The number of ether oxygens (including phenoxy) is 2. The summed E-state index contributed by atoms with van der Waals surface area (Å²) in [7, 11) is 0. The Bertz CT molecular complexity index is 921. The van der Waals surface area contributed by atoms with Crippen LogP contribution in [-0.2, 0) is 0 Å². The number of benzene rings is 1. The van der Waals surface area contributed by atoms with E-state index in [0.29, 0.717) is 29.4 Å². The minimum absolute atomic E-state index is 0.301. The van der Waals surface area contributed by atoms with Crippen LogP contribution < -0.4 is 15.2 Å². The lowest BCUT2D eigenvalue weighted by Gasteiger charge is -2.18. The molecule has 2 heterocycles. The van der Waals surface area contributed by atoms with E-state index in [4.69, 9.17) is 15.2 Å². The summed E-state index contributed by atoms with van der Waals surface area (Å²) in [5.74, 6) is 1.57. The number of rotatable bonds is 8. The zero-order valence-corrected chi connectivity index (χ0v) is 15.4. The van der Waals surface area contributed by atoms with Gasteiger partial charge < -0.3 is 25.1 Å². The molecule has 0 fully saturated rings. The molecule has 3 rings (SSSR count). The van der Waals surface area contributed by atoms with Gasteiger partial charge in [0.1, 0.15) is 23.7 Å². The number of nitrogens with two attached hydrogens (primary N) is 1. The van der Waals surface area contributed by atoms with E-state index in [1.54, 1.807) is 24.5 Å². The normalized spacial score (nSPS) is 11.1. The predicted octanol–water partition coefficient (Wildman–Crippen LogP) is 2.80. The summed E-state index contributed by atoms with van der Waals surface area (Å²) in [6, 6.07) is 7.05. The largest absolute Gasteiger partial charge is 0.491 e. The molecular weight excluding hydrogens is 346 g/mol. The second kappa shape index (κ2) is 8.50. The molecule has 2 aromatic heterocycles. The van der Waals surface area contributed by atoms with Crippen molar-refractivity contribution in [1.29, 1.82) is 0 Å². The maximum atomic E-state index is 11.1. The Balaban J connectivity index is 1.87. The number of nitrogens with zero attached hydrogens (tertiary/aromatic N) is 3. The zero-order valence-electron chi connectivity index (χ0n) is 15.4. The summed E-state index contributed by atoms with van der Waals surface area (Å²) < 4.78 is 11.0. The van der Waals surface area contributed by atoms with E-state index in [0.717, 1.165) is 30.7 Å². The van der Waals surface area contributed by atoms with Crippen molar-refractivity contribution < 1.29 is 14.3 Å². The number of hydrogen-bond donors (Lipinski definition) is 2. The quantitative estimate of drug-likeness (QED) is 0.632. The van der Waals surface area contributed by atoms with Gasteiger partial charge in [-0.25, -0.2) is 9.78 Å². The van der Waals surface area contributed by atoms with Crippen LogP contribution >= 0.6 is 0 Å². The molecule has 142 valence electrons. The van der Waals surface area contributed by atoms with Crippen LogP contribution in [-0.4, -0.2) is 52.2 Å². The number of carbonyl (C=O) groups is 1. The van der Waals surface area contributed by atoms with Crippen molar-refractivity contribution >= 4 is 17.1 Å². The van der Waals surface area contributed by atoms with Gasteiger partial charge in [0.15, 0.2) is 5.75 Å². The van der Waals surface area contributed by atoms with Crippen LogP contribution in [0, 0.1) is 0 Å². The number of nitrogens with one attached hydrogen (secondary N) is 1. The Kier molecular flexibility index (Phi) is 5.87. The number of likely N-dealkylation sites (N-methyl/N-ethyl adjacent to an activating group) is 1. The molecule has 8 nitrogen and oxygen atoms in total. The van der Waals surface area contributed by atoms with Gasteiger partial charge >= 0.3 is 6.09 Å². The molecule has 0 aliphatic carbocycles. The predicted molar refractivity (Wildman–Crippen MR) is 103 cm³/mol. The first-order valence-corrected chi connectivity index (χ1v) is 8.88. The zero-order chi connectivity index (χ0) is 19.2. The fourth-order valence-corrected chi connectivity index (χ4v) is 2.83. The Morgan fingerprint density at radius 3 is 2.78 bits per heavy atom. The first-order chi connectivity index (χ1) is 13.1. The molecule has 0 aliphatic heterocycles. The van der Waals surface area contributed by atoms with Crippen LogP contribution in [0.3, 0.4) is 0 Å². The highest BCUT2D eigenvalue weighted by Crippen LogP contribution is 2.31. The molecule has 0 unspecified atom stereocenters. The molecule has 8 heteroatoms. The third-order valence-corrected chi connectivity index (χ3v) is 4.28. The topological polar surface area (TPSA) is 106 Å². The third-order valence-electron chi connectivity index (χ3n) is 4.28. The van der Waals surface area contributed by atoms with E-state index in [-0.39, 0.29) is 0 Å². The number of imidazole rings is 1. The maximum Gasteiger partial charge on any atom is 0.410 e. The number of aromatic amines is 1. The van der Waals surface area contributed by atoms with Crippen LogP contribution in [0.25, 0.3) is 22.4 Å². The molecule has 0 spiro atoms. The molecule has 0 atom stereocenters. The lowest BCUT2D eigenvalue weighted by molar-refractivity contribution is 0.211. The van der Waals surface area contributed by atoms with Crippen molar-refractivity contribution in [2.75, 3.05) is 26.2 Å². The molecule has 3 N–H and O–H groups in total. The lowest BCUT2D eigenvalue weighted by atomic mass is 10.2. The van der Waals surface area contributed by atoms with Crippen LogP contribution in [0.5, 0.6) is 11.5 Å². The summed E-state index contributed by atoms with van der Waals surface area (Å²) >= 11 is 0. The van der Waals surface area contributed by atoms with Gasteiger partial charge in [-0.3, -0.25) is 4.98 Å². The molecule has 0 radical (unpaired) electrons. The molecule has 1 amide bonds.